The molecule has 0 bridgehead atoms. The van der Waals surface area contributed by atoms with Crippen molar-refractivity contribution in [3.8, 4) is 0 Å². The van der Waals surface area contributed by atoms with Crippen LogP contribution in [0.25, 0.3) is 0 Å². The average Bonchev–Trinajstić information content (AvgIpc) is 2.88. The maximum Gasteiger partial charge on any atom is 0.227 e. The SMILES string of the molecule is Cc1ccc(C(N)c2ccc3c(c2)CCC(=O)N3C)o1. The number of hydrogen-bond donors (Lipinski definition) is 1. The number of anilines is 1. The lowest BCUT2D eigenvalue weighted by Crippen LogP contribution is -2.31. The second-order valence-electron chi connectivity index (χ2n) is 5.27. The van der Waals surface area contributed by atoms with Gasteiger partial charge < -0.3 is 15.1 Å². The first-order valence-electron chi connectivity index (χ1n) is 6.77. The molecule has 3 rings (SSSR count). The van der Waals surface area contributed by atoms with Crippen LogP contribution in [-0.2, 0) is 11.2 Å². The van der Waals surface area contributed by atoms with E-state index in [1.807, 2.05) is 38.2 Å². The van der Waals surface area contributed by atoms with Crippen molar-refractivity contribution in [1.82, 2.24) is 0 Å². The minimum atomic E-state index is -0.267. The molecular weight excluding hydrogens is 252 g/mol. The van der Waals surface area contributed by atoms with Gasteiger partial charge in [0, 0.05) is 19.2 Å². The summed E-state index contributed by atoms with van der Waals surface area (Å²) in [5.74, 6) is 1.79. The molecule has 1 aromatic heterocycles. The second kappa shape index (κ2) is 4.80. The van der Waals surface area contributed by atoms with Gasteiger partial charge in [0.1, 0.15) is 11.5 Å². The van der Waals surface area contributed by atoms with E-state index >= 15 is 0 Å². The number of benzene rings is 1. The van der Waals surface area contributed by atoms with Crippen LogP contribution in [0.2, 0.25) is 0 Å². The van der Waals surface area contributed by atoms with Crippen LogP contribution in [0.4, 0.5) is 5.69 Å². The number of amides is 1. The summed E-state index contributed by atoms with van der Waals surface area (Å²) in [7, 11) is 1.82. The summed E-state index contributed by atoms with van der Waals surface area (Å²) < 4.78 is 5.59. The summed E-state index contributed by atoms with van der Waals surface area (Å²) in [6.07, 6.45) is 1.33. The number of furan rings is 1. The smallest absolute Gasteiger partial charge is 0.227 e. The Morgan fingerprint density at radius 1 is 1.25 bits per heavy atom. The Kier molecular flexibility index (Phi) is 3.10. The van der Waals surface area contributed by atoms with E-state index < -0.39 is 0 Å². The van der Waals surface area contributed by atoms with E-state index in [4.69, 9.17) is 10.2 Å². The molecule has 4 nitrogen and oxygen atoms in total. The number of fused-ring (bicyclic) bond motifs is 1. The summed E-state index contributed by atoms with van der Waals surface area (Å²) in [6.45, 7) is 1.91. The minimum Gasteiger partial charge on any atom is -0.464 e. The molecule has 0 saturated heterocycles. The van der Waals surface area contributed by atoms with Crippen molar-refractivity contribution in [2.75, 3.05) is 11.9 Å². The molecule has 2 N–H and O–H groups in total. The van der Waals surface area contributed by atoms with Gasteiger partial charge in [-0.05, 0) is 42.7 Å². The van der Waals surface area contributed by atoms with E-state index in [2.05, 4.69) is 6.07 Å². The number of rotatable bonds is 2. The lowest BCUT2D eigenvalue weighted by atomic mass is 9.96. The fourth-order valence-electron chi connectivity index (χ4n) is 2.65. The molecule has 1 unspecified atom stereocenters. The quantitative estimate of drug-likeness (QED) is 0.912. The molecule has 2 aromatic rings. The normalized spacial score (nSPS) is 16.1. The van der Waals surface area contributed by atoms with Crippen molar-refractivity contribution >= 4 is 11.6 Å². The van der Waals surface area contributed by atoms with Crippen molar-refractivity contribution in [2.24, 2.45) is 5.73 Å². The number of carbonyl (C=O) groups is 1. The Morgan fingerprint density at radius 3 is 2.75 bits per heavy atom. The van der Waals surface area contributed by atoms with Crippen LogP contribution >= 0.6 is 0 Å². The summed E-state index contributed by atoms with van der Waals surface area (Å²) in [4.78, 5) is 13.4. The van der Waals surface area contributed by atoms with Crippen LogP contribution in [0, 0.1) is 6.92 Å². The van der Waals surface area contributed by atoms with Crippen LogP contribution in [0.15, 0.2) is 34.7 Å². The molecule has 4 heteroatoms. The van der Waals surface area contributed by atoms with E-state index in [9.17, 15) is 4.79 Å². The Hall–Kier alpha value is -2.07. The molecule has 0 aliphatic carbocycles. The Balaban J connectivity index is 1.95. The fourth-order valence-corrected chi connectivity index (χ4v) is 2.65. The Bertz CT molecular complexity index is 660. The predicted molar refractivity (Wildman–Crippen MR) is 77.6 cm³/mol. The monoisotopic (exact) mass is 270 g/mol. The Labute approximate surface area is 118 Å². The highest BCUT2D eigenvalue weighted by molar-refractivity contribution is 5.95. The first kappa shape index (κ1) is 12.9. The van der Waals surface area contributed by atoms with Gasteiger partial charge in [0.25, 0.3) is 0 Å². The lowest BCUT2D eigenvalue weighted by Gasteiger charge is -2.26. The molecule has 0 spiro atoms. The molecule has 1 amide bonds. The van der Waals surface area contributed by atoms with Gasteiger partial charge in [-0.15, -0.1) is 0 Å². The third kappa shape index (κ3) is 2.12. The standard InChI is InChI=1S/C16H18N2O2/c1-10-3-7-14(20-10)16(17)12-4-6-13-11(9-12)5-8-15(19)18(13)2/h3-4,6-7,9,16H,5,8,17H2,1-2H3. The number of nitrogens with zero attached hydrogens (tertiary/aromatic N) is 1. The summed E-state index contributed by atoms with van der Waals surface area (Å²) in [6, 6.07) is 9.58. The third-order valence-electron chi connectivity index (χ3n) is 3.87. The van der Waals surface area contributed by atoms with E-state index in [1.165, 1.54) is 5.56 Å². The highest BCUT2D eigenvalue weighted by atomic mass is 16.3. The molecule has 1 aromatic carbocycles. The van der Waals surface area contributed by atoms with Gasteiger partial charge in [0.05, 0.1) is 6.04 Å². The second-order valence-corrected chi connectivity index (χ2v) is 5.27. The maximum atomic E-state index is 11.7. The summed E-state index contributed by atoms with van der Waals surface area (Å²) in [5.41, 5.74) is 9.41. The highest BCUT2D eigenvalue weighted by Gasteiger charge is 2.22. The largest absolute Gasteiger partial charge is 0.464 e. The first-order valence-corrected chi connectivity index (χ1v) is 6.77. The minimum absolute atomic E-state index is 0.163. The van der Waals surface area contributed by atoms with Gasteiger partial charge in [-0.3, -0.25) is 4.79 Å². The van der Waals surface area contributed by atoms with Gasteiger partial charge in [-0.25, -0.2) is 0 Å². The van der Waals surface area contributed by atoms with Gasteiger partial charge in [0.2, 0.25) is 5.91 Å². The van der Waals surface area contributed by atoms with Gasteiger partial charge in [-0.2, -0.15) is 0 Å². The fraction of sp³-hybridized carbons (Fsp3) is 0.312. The molecule has 0 radical (unpaired) electrons. The van der Waals surface area contributed by atoms with Gasteiger partial charge in [-0.1, -0.05) is 12.1 Å². The maximum absolute atomic E-state index is 11.7. The number of hydrogen-bond acceptors (Lipinski definition) is 3. The Morgan fingerprint density at radius 2 is 2.05 bits per heavy atom. The van der Waals surface area contributed by atoms with Crippen molar-refractivity contribution in [1.29, 1.82) is 0 Å². The van der Waals surface area contributed by atoms with Crippen LogP contribution in [-0.4, -0.2) is 13.0 Å². The highest BCUT2D eigenvalue weighted by Crippen LogP contribution is 2.30. The summed E-state index contributed by atoms with van der Waals surface area (Å²) >= 11 is 0. The zero-order valence-corrected chi connectivity index (χ0v) is 11.7. The lowest BCUT2D eigenvalue weighted by molar-refractivity contribution is -0.118. The molecule has 1 aliphatic rings. The number of nitrogens with two attached hydrogens (primary N) is 1. The van der Waals surface area contributed by atoms with Crippen LogP contribution in [0.1, 0.15) is 35.1 Å². The van der Waals surface area contributed by atoms with Crippen molar-refractivity contribution in [2.45, 2.75) is 25.8 Å². The predicted octanol–water partition coefficient (Wildman–Crippen LogP) is 2.55. The molecule has 0 saturated carbocycles. The van der Waals surface area contributed by atoms with Crippen molar-refractivity contribution < 1.29 is 9.21 Å². The number of carbonyl (C=O) groups excluding carboxylic acids is 1. The van der Waals surface area contributed by atoms with Crippen molar-refractivity contribution in [3.05, 3.63) is 53.0 Å². The molecule has 20 heavy (non-hydrogen) atoms. The molecular formula is C16H18N2O2. The zero-order valence-electron chi connectivity index (χ0n) is 11.7. The molecule has 0 fully saturated rings. The van der Waals surface area contributed by atoms with E-state index in [-0.39, 0.29) is 11.9 Å². The van der Waals surface area contributed by atoms with Crippen LogP contribution < -0.4 is 10.6 Å². The molecule has 104 valence electrons. The zero-order chi connectivity index (χ0) is 14.3. The van der Waals surface area contributed by atoms with E-state index in [1.54, 1.807) is 4.90 Å². The van der Waals surface area contributed by atoms with E-state index in [0.717, 1.165) is 29.2 Å². The molecule has 1 aliphatic heterocycles. The number of aryl methyl sites for hydroxylation is 2. The van der Waals surface area contributed by atoms with E-state index in [0.29, 0.717) is 6.42 Å². The van der Waals surface area contributed by atoms with Gasteiger partial charge >= 0.3 is 0 Å². The van der Waals surface area contributed by atoms with Gasteiger partial charge in [0.15, 0.2) is 0 Å². The first-order chi connectivity index (χ1) is 9.56. The average molecular weight is 270 g/mol. The molecule has 1 atom stereocenters. The van der Waals surface area contributed by atoms with Crippen LogP contribution in [0.3, 0.4) is 0 Å². The molecule has 2 heterocycles. The van der Waals surface area contributed by atoms with Crippen LogP contribution in [0.5, 0.6) is 0 Å². The van der Waals surface area contributed by atoms with Crippen molar-refractivity contribution in [3.63, 3.8) is 0 Å². The topological polar surface area (TPSA) is 59.5 Å². The third-order valence-corrected chi connectivity index (χ3v) is 3.87. The summed E-state index contributed by atoms with van der Waals surface area (Å²) in [5, 5.41) is 0.